The molecule has 17 heavy (non-hydrogen) atoms. The van der Waals surface area contributed by atoms with E-state index in [0.29, 0.717) is 5.41 Å². The van der Waals surface area contributed by atoms with Crippen LogP contribution in [0.15, 0.2) is 30.3 Å². The van der Waals surface area contributed by atoms with Crippen LogP contribution in [0.4, 0.5) is 0 Å². The zero-order valence-electron chi connectivity index (χ0n) is 10.5. The average molecular weight is 223 g/mol. The standard InChI is InChI=1S/C16H17N/c1-15(2)14-6-4-3-5-13(14)12(7-10-17)11-16(15)8-9-16/h3-7H,8-9,11H2,1-2H3/b12-7+. The largest absolute Gasteiger partial charge is 0.193 e. The molecule has 1 heteroatoms. The van der Waals surface area contributed by atoms with Gasteiger partial charge < -0.3 is 0 Å². The van der Waals surface area contributed by atoms with E-state index in [9.17, 15) is 0 Å². The molecule has 0 atom stereocenters. The molecule has 0 saturated heterocycles. The highest BCUT2D eigenvalue weighted by Gasteiger charge is 2.57. The minimum absolute atomic E-state index is 0.246. The molecule has 3 rings (SSSR count). The number of nitrogens with zero attached hydrogens (tertiary/aromatic N) is 1. The molecule has 0 N–H and O–H groups in total. The Morgan fingerprint density at radius 3 is 2.59 bits per heavy atom. The number of allylic oxidation sites excluding steroid dienone is 2. The van der Waals surface area contributed by atoms with Gasteiger partial charge in [0.2, 0.25) is 0 Å². The van der Waals surface area contributed by atoms with Crippen LogP contribution in [0, 0.1) is 16.7 Å². The number of rotatable bonds is 0. The van der Waals surface area contributed by atoms with E-state index in [0.717, 1.165) is 6.42 Å². The van der Waals surface area contributed by atoms with Crippen molar-refractivity contribution in [3.63, 3.8) is 0 Å². The van der Waals surface area contributed by atoms with Gasteiger partial charge in [0.1, 0.15) is 0 Å². The Kier molecular flexibility index (Phi) is 2.01. The minimum Gasteiger partial charge on any atom is -0.193 e. The summed E-state index contributed by atoms with van der Waals surface area (Å²) in [5.41, 5.74) is 4.61. The number of nitriles is 1. The molecule has 0 bridgehead atoms. The van der Waals surface area contributed by atoms with E-state index < -0.39 is 0 Å². The Morgan fingerprint density at radius 2 is 1.94 bits per heavy atom. The first-order chi connectivity index (χ1) is 8.11. The van der Waals surface area contributed by atoms with Crippen molar-refractivity contribution in [3.05, 3.63) is 41.5 Å². The summed E-state index contributed by atoms with van der Waals surface area (Å²) in [5, 5.41) is 8.94. The van der Waals surface area contributed by atoms with Crippen LogP contribution in [0.25, 0.3) is 5.57 Å². The molecule has 0 unspecified atom stereocenters. The van der Waals surface area contributed by atoms with Crippen molar-refractivity contribution < 1.29 is 0 Å². The zero-order valence-corrected chi connectivity index (χ0v) is 10.5. The molecule has 1 aromatic carbocycles. The highest BCUT2D eigenvalue weighted by atomic mass is 14.6. The number of hydrogen-bond acceptors (Lipinski definition) is 1. The lowest BCUT2D eigenvalue weighted by Gasteiger charge is -2.42. The fourth-order valence-corrected chi connectivity index (χ4v) is 3.43. The summed E-state index contributed by atoms with van der Waals surface area (Å²) in [7, 11) is 0. The van der Waals surface area contributed by atoms with Crippen LogP contribution < -0.4 is 0 Å². The van der Waals surface area contributed by atoms with Crippen LogP contribution in [-0.4, -0.2) is 0 Å². The van der Waals surface area contributed by atoms with Gasteiger partial charge in [-0.3, -0.25) is 0 Å². The van der Waals surface area contributed by atoms with Crippen LogP contribution >= 0.6 is 0 Å². The van der Waals surface area contributed by atoms with Gasteiger partial charge in [0, 0.05) is 6.08 Å². The van der Waals surface area contributed by atoms with Gasteiger partial charge in [0.25, 0.3) is 0 Å². The van der Waals surface area contributed by atoms with E-state index in [-0.39, 0.29) is 5.41 Å². The van der Waals surface area contributed by atoms with E-state index in [4.69, 9.17) is 5.26 Å². The molecule has 0 aromatic heterocycles. The average Bonchev–Trinajstić information content (AvgIpc) is 3.08. The topological polar surface area (TPSA) is 23.8 Å². The minimum atomic E-state index is 0.246. The molecule has 0 aliphatic heterocycles. The second-order valence-corrected chi connectivity index (χ2v) is 5.93. The van der Waals surface area contributed by atoms with E-state index in [2.05, 4.69) is 44.2 Å². The second-order valence-electron chi connectivity index (χ2n) is 5.93. The fraction of sp³-hybridized carbons (Fsp3) is 0.438. The molecule has 2 aliphatic rings. The first kappa shape index (κ1) is 10.6. The maximum absolute atomic E-state index is 8.94. The van der Waals surface area contributed by atoms with Crippen molar-refractivity contribution in [1.82, 2.24) is 0 Å². The Labute approximate surface area is 103 Å². The summed E-state index contributed by atoms with van der Waals surface area (Å²) in [6.45, 7) is 4.73. The van der Waals surface area contributed by atoms with E-state index in [1.807, 2.05) is 0 Å². The van der Waals surface area contributed by atoms with Crippen molar-refractivity contribution in [1.29, 1.82) is 5.26 Å². The van der Waals surface area contributed by atoms with Crippen molar-refractivity contribution in [3.8, 4) is 6.07 Å². The van der Waals surface area contributed by atoms with Gasteiger partial charge in [-0.05, 0) is 46.8 Å². The Bertz CT molecular complexity index is 539. The van der Waals surface area contributed by atoms with Gasteiger partial charge in [-0.25, -0.2) is 0 Å². The monoisotopic (exact) mass is 223 g/mol. The molecule has 1 saturated carbocycles. The van der Waals surface area contributed by atoms with E-state index in [1.165, 1.54) is 29.5 Å². The van der Waals surface area contributed by atoms with Crippen molar-refractivity contribution in [2.75, 3.05) is 0 Å². The summed E-state index contributed by atoms with van der Waals surface area (Å²) >= 11 is 0. The van der Waals surface area contributed by atoms with Crippen molar-refractivity contribution in [2.24, 2.45) is 5.41 Å². The lowest BCUT2D eigenvalue weighted by Crippen LogP contribution is -2.35. The SMILES string of the molecule is CC1(C)c2ccccc2/C(=C/C#N)CC12CC2. The maximum atomic E-state index is 8.94. The molecule has 0 radical (unpaired) electrons. The van der Waals surface area contributed by atoms with Crippen LogP contribution in [0.3, 0.4) is 0 Å². The molecule has 0 amide bonds. The first-order valence-electron chi connectivity index (χ1n) is 6.29. The molecule has 1 fully saturated rings. The van der Waals surface area contributed by atoms with Crippen molar-refractivity contribution >= 4 is 5.57 Å². The summed E-state index contributed by atoms with van der Waals surface area (Å²) in [6, 6.07) is 10.8. The predicted molar refractivity (Wildman–Crippen MR) is 69.3 cm³/mol. The second kappa shape index (κ2) is 3.23. The van der Waals surface area contributed by atoms with Crippen LogP contribution in [0.1, 0.15) is 44.2 Å². The Morgan fingerprint density at radius 1 is 1.24 bits per heavy atom. The third kappa shape index (κ3) is 1.30. The quantitative estimate of drug-likeness (QED) is 0.608. The Balaban J connectivity index is 2.24. The van der Waals surface area contributed by atoms with Gasteiger partial charge in [-0.15, -0.1) is 0 Å². The van der Waals surface area contributed by atoms with Gasteiger partial charge >= 0.3 is 0 Å². The molecule has 1 aromatic rings. The fourth-order valence-electron chi connectivity index (χ4n) is 3.43. The highest BCUT2D eigenvalue weighted by molar-refractivity contribution is 5.75. The summed E-state index contributed by atoms with van der Waals surface area (Å²) < 4.78 is 0. The van der Waals surface area contributed by atoms with Gasteiger partial charge in [-0.2, -0.15) is 5.26 Å². The van der Waals surface area contributed by atoms with Crippen molar-refractivity contribution in [2.45, 2.75) is 38.5 Å². The van der Waals surface area contributed by atoms with Gasteiger partial charge in [0.15, 0.2) is 0 Å². The highest BCUT2D eigenvalue weighted by Crippen LogP contribution is 2.66. The first-order valence-corrected chi connectivity index (χ1v) is 6.29. The predicted octanol–water partition coefficient (Wildman–Crippen LogP) is 4.06. The number of benzene rings is 1. The van der Waals surface area contributed by atoms with Gasteiger partial charge in [0.05, 0.1) is 6.07 Å². The molecular formula is C16H17N. The van der Waals surface area contributed by atoms with E-state index >= 15 is 0 Å². The van der Waals surface area contributed by atoms with Crippen LogP contribution in [0.2, 0.25) is 0 Å². The lowest BCUT2D eigenvalue weighted by atomic mass is 9.61. The molecular weight excluding hydrogens is 206 g/mol. The van der Waals surface area contributed by atoms with Crippen LogP contribution in [0.5, 0.6) is 0 Å². The molecule has 2 aliphatic carbocycles. The van der Waals surface area contributed by atoms with Gasteiger partial charge in [-0.1, -0.05) is 38.1 Å². The van der Waals surface area contributed by atoms with Crippen LogP contribution in [-0.2, 0) is 5.41 Å². The number of fused-ring (bicyclic) bond motifs is 1. The maximum Gasteiger partial charge on any atom is 0.0915 e. The third-order valence-corrected chi connectivity index (χ3v) is 4.89. The normalized spacial score (nSPS) is 25.4. The summed E-state index contributed by atoms with van der Waals surface area (Å²) in [4.78, 5) is 0. The number of hydrogen-bond donors (Lipinski definition) is 0. The van der Waals surface area contributed by atoms with E-state index in [1.54, 1.807) is 6.08 Å². The molecule has 0 heterocycles. The Hall–Kier alpha value is -1.55. The smallest absolute Gasteiger partial charge is 0.0915 e. The summed E-state index contributed by atoms with van der Waals surface area (Å²) in [5.74, 6) is 0. The molecule has 1 nitrogen and oxygen atoms in total. The lowest BCUT2D eigenvalue weighted by molar-refractivity contribution is 0.287. The third-order valence-electron chi connectivity index (χ3n) is 4.89. The molecule has 1 spiro atoms. The molecule has 86 valence electrons. The summed E-state index contributed by atoms with van der Waals surface area (Å²) in [6.07, 6.45) is 5.42. The zero-order chi connectivity index (χ0) is 12.1.